The molecule has 2 aromatic rings. The third kappa shape index (κ3) is 4.51. The van der Waals surface area contributed by atoms with Gasteiger partial charge in [0.15, 0.2) is 11.5 Å². The van der Waals surface area contributed by atoms with Gasteiger partial charge in [-0.2, -0.15) is 0 Å². The van der Waals surface area contributed by atoms with Gasteiger partial charge in [-0.15, -0.1) is 0 Å². The first-order valence-corrected chi connectivity index (χ1v) is 8.95. The van der Waals surface area contributed by atoms with Crippen LogP contribution in [0.4, 0.5) is 0 Å². The molecule has 4 nitrogen and oxygen atoms in total. The molecule has 25 heavy (non-hydrogen) atoms. The molecule has 3 rings (SSSR count). The lowest BCUT2D eigenvalue weighted by atomic mass is 10.1. The van der Waals surface area contributed by atoms with Crippen LogP contribution in [0.2, 0.25) is 15.1 Å². The number of rotatable bonds is 5. The molecule has 1 heterocycles. The highest BCUT2D eigenvalue weighted by Crippen LogP contribution is 2.38. The molecule has 0 spiro atoms. The first-order valence-electron chi connectivity index (χ1n) is 7.82. The average molecular weight is 401 g/mol. The highest BCUT2D eigenvalue weighted by atomic mass is 35.5. The lowest BCUT2D eigenvalue weighted by Gasteiger charge is -2.20. The Morgan fingerprint density at radius 2 is 1.76 bits per heavy atom. The zero-order chi connectivity index (χ0) is 17.8. The van der Waals surface area contributed by atoms with Gasteiger partial charge in [0.25, 0.3) is 0 Å². The second-order valence-corrected chi connectivity index (χ2v) is 6.80. The third-order valence-electron chi connectivity index (χ3n) is 3.79. The predicted octanol–water partition coefficient (Wildman–Crippen LogP) is 4.32. The van der Waals surface area contributed by atoms with E-state index < -0.39 is 0 Å². The fourth-order valence-corrected chi connectivity index (χ4v) is 3.40. The molecule has 0 saturated carbocycles. The normalized spacial score (nSPS) is 12.8. The molecule has 1 amide bonds. The van der Waals surface area contributed by atoms with Gasteiger partial charge in [-0.05, 0) is 41.8 Å². The molecule has 0 atom stereocenters. The third-order valence-corrected chi connectivity index (χ3v) is 4.78. The minimum Gasteiger partial charge on any atom is -0.486 e. The van der Waals surface area contributed by atoms with Gasteiger partial charge in [0.05, 0.1) is 11.4 Å². The second-order valence-electron chi connectivity index (χ2n) is 5.58. The Kier molecular flexibility index (Phi) is 5.94. The SMILES string of the molecule is O=C(Cc1c(Cl)cccc1Cl)NCCc1cc(Cl)c2c(c1)OCCO2. The van der Waals surface area contributed by atoms with Crippen LogP contribution >= 0.6 is 34.8 Å². The monoisotopic (exact) mass is 399 g/mol. The Morgan fingerprint density at radius 1 is 1.04 bits per heavy atom. The Balaban J connectivity index is 1.56. The highest BCUT2D eigenvalue weighted by Gasteiger charge is 2.17. The number of carbonyl (C=O) groups excluding carboxylic acids is 1. The van der Waals surface area contributed by atoms with Crippen LogP contribution in [0.15, 0.2) is 30.3 Å². The van der Waals surface area contributed by atoms with Crippen LogP contribution in [0.25, 0.3) is 0 Å². The van der Waals surface area contributed by atoms with Gasteiger partial charge in [-0.25, -0.2) is 0 Å². The molecule has 0 radical (unpaired) electrons. The van der Waals surface area contributed by atoms with Gasteiger partial charge in [0.2, 0.25) is 5.91 Å². The first-order chi connectivity index (χ1) is 12.0. The van der Waals surface area contributed by atoms with Crippen molar-refractivity contribution in [1.82, 2.24) is 5.32 Å². The van der Waals surface area contributed by atoms with E-state index in [0.29, 0.717) is 58.3 Å². The van der Waals surface area contributed by atoms with Gasteiger partial charge in [-0.3, -0.25) is 4.79 Å². The van der Waals surface area contributed by atoms with Crippen molar-refractivity contribution in [3.63, 3.8) is 0 Å². The summed E-state index contributed by atoms with van der Waals surface area (Å²) in [6, 6.07) is 8.89. The zero-order valence-electron chi connectivity index (χ0n) is 13.3. The van der Waals surface area contributed by atoms with E-state index in [2.05, 4.69) is 5.32 Å². The summed E-state index contributed by atoms with van der Waals surface area (Å²) in [6.07, 6.45) is 0.763. The van der Waals surface area contributed by atoms with Crippen molar-refractivity contribution in [2.45, 2.75) is 12.8 Å². The summed E-state index contributed by atoms with van der Waals surface area (Å²) in [5.74, 6) is 1.08. The Morgan fingerprint density at radius 3 is 2.52 bits per heavy atom. The van der Waals surface area contributed by atoms with Gasteiger partial charge in [-0.1, -0.05) is 40.9 Å². The number of carbonyl (C=O) groups is 1. The lowest BCUT2D eigenvalue weighted by Crippen LogP contribution is -2.27. The van der Waals surface area contributed by atoms with Gasteiger partial charge in [0.1, 0.15) is 13.2 Å². The van der Waals surface area contributed by atoms with Crippen LogP contribution in [0.5, 0.6) is 11.5 Å². The Bertz CT molecular complexity index is 775. The van der Waals surface area contributed by atoms with Crippen molar-refractivity contribution in [3.8, 4) is 11.5 Å². The first kappa shape index (κ1) is 18.2. The summed E-state index contributed by atoms with van der Waals surface area (Å²) >= 11 is 18.4. The molecule has 7 heteroatoms. The topological polar surface area (TPSA) is 47.6 Å². The van der Waals surface area contributed by atoms with Crippen LogP contribution in [-0.2, 0) is 17.6 Å². The number of amides is 1. The van der Waals surface area contributed by atoms with Crippen molar-refractivity contribution in [3.05, 3.63) is 56.5 Å². The maximum absolute atomic E-state index is 12.1. The summed E-state index contributed by atoms with van der Waals surface area (Å²) in [4.78, 5) is 12.1. The Labute approximate surface area is 161 Å². The van der Waals surface area contributed by atoms with E-state index in [0.717, 1.165) is 5.56 Å². The summed E-state index contributed by atoms with van der Waals surface area (Å²) in [5, 5.41) is 4.35. The smallest absolute Gasteiger partial charge is 0.224 e. The molecular formula is C18H16Cl3NO3. The number of hydrogen-bond donors (Lipinski definition) is 1. The van der Waals surface area contributed by atoms with E-state index >= 15 is 0 Å². The van der Waals surface area contributed by atoms with E-state index in [-0.39, 0.29) is 12.3 Å². The molecule has 0 bridgehead atoms. The van der Waals surface area contributed by atoms with E-state index in [1.165, 1.54) is 0 Å². The number of benzene rings is 2. The molecule has 1 aliphatic rings. The number of fused-ring (bicyclic) bond motifs is 1. The number of nitrogens with one attached hydrogen (secondary N) is 1. The van der Waals surface area contributed by atoms with Gasteiger partial charge < -0.3 is 14.8 Å². The molecule has 0 aliphatic carbocycles. The molecule has 0 saturated heterocycles. The minimum absolute atomic E-state index is 0.139. The van der Waals surface area contributed by atoms with Crippen LogP contribution in [0, 0.1) is 0 Å². The Hall–Kier alpha value is -1.62. The molecule has 1 N–H and O–H groups in total. The summed E-state index contributed by atoms with van der Waals surface area (Å²) in [6.45, 7) is 1.46. The summed E-state index contributed by atoms with van der Waals surface area (Å²) < 4.78 is 11.0. The van der Waals surface area contributed by atoms with Crippen molar-refractivity contribution < 1.29 is 14.3 Å². The van der Waals surface area contributed by atoms with Crippen LogP contribution in [0.1, 0.15) is 11.1 Å². The lowest BCUT2D eigenvalue weighted by molar-refractivity contribution is -0.120. The summed E-state index contributed by atoms with van der Waals surface area (Å²) in [5.41, 5.74) is 1.59. The van der Waals surface area contributed by atoms with Crippen LogP contribution < -0.4 is 14.8 Å². The van der Waals surface area contributed by atoms with Crippen LogP contribution in [-0.4, -0.2) is 25.7 Å². The summed E-state index contributed by atoms with van der Waals surface area (Å²) in [7, 11) is 0. The van der Waals surface area contributed by atoms with Crippen LogP contribution in [0.3, 0.4) is 0 Å². The average Bonchev–Trinajstić information content (AvgIpc) is 2.58. The number of hydrogen-bond acceptors (Lipinski definition) is 3. The van der Waals surface area contributed by atoms with E-state index in [9.17, 15) is 4.79 Å². The van der Waals surface area contributed by atoms with Crippen molar-refractivity contribution in [1.29, 1.82) is 0 Å². The largest absolute Gasteiger partial charge is 0.486 e. The molecule has 0 unspecified atom stereocenters. The van der Waals surface area contributed by atoms with Gasteiger partial charge >= 0.3 is 0 Å². The molecular weight excluding hydrogens is 385 g/mol. The maximum atomic E-state index is 12.1. The zero-order valence-corrected chi connectivity index (χ0v) is 15.5. The van der Waals surface area contributed by atoms with Gasteiger partial charge in [0, 0.05) is 16.6 Å². The van der Waals surface area contributed by atoms with Crippen molar-refractivity contribution >= 4 is 40.7 Å². The molecule has 0 fully saturated rings. The molecule has 132 valence electrons. The molecule has 2 aromatic carbocycles. The van der Waals surface area contributed by atoms with E-state index in [4.69, 9.17) is 44.3 Å². The van der Waals surface area contributed by atoms with Crippen molar-refractivity contribution in [2.75, 3.05) is 19.8 Å². The predicted molar refractivity (Wildman–Crippen MR) is 99.3 cm³/mol. The van der Waals surface area contributed by atoms with Crippen molar-refractivity contribution in [2.24, 2.45) is 0 Å². The van der Waals surface area contributed by atoms with E-state index in [1.807, 2.05) is 12.1 Å². The fourth-order valence-electron chi connectivity index (χ4n) is 2.58. The van der Waals surface area contributed by atoms with E-state index in [1.54, 1.807) is 18.2 Å². The molecule has 1 aliphatic heterocycles. The highest BCUT2D eigenvalue weighted by molar-refractivity contribution is 6.36. The standard InChI is InChI=1S/C18H16Cl3NO3/c19-13-2-1-3-14(20)12(13)10-17(23)22-5-4-11-8-15(21)18-16(9-11)24-6-7-25-18/h1-3,8-9H,4-7,10H2,(H,22,23). The fraction of sp³-hybridized carbons (Fsp3) is 0.278. The number of ether oxygens (including phenoxy) is 2. The second kappa shape index (κ2) is 8.17. The number of halogens is 3. The quantitative estimate of drug-likeness (QED) is 0.813. The molecule has 0 aromatic heterocycles. The maximum Gasteiger partial charge on any atom is 0.224 e. The minimum atomic E-state index is -0.140.